The molecule has 0 aliphatic heterocycles. The van der Waals surface area contributed by atoms with Crippen LogP contribution in [0.5, 0.6) is 0 Å². The Balaban J connectivity index is 3.51. The van der Waals surface area contributed by atoms with Crippen LogP contribution in [0.4, 0.5) is 0 Å². The fourth-order valence-electron chi connectivity index (χ4n) is 0.827. The van der Waals surface area contributed by atoms with Gasteiger partial charge in [-0.3, -0.25) is 4.18 Å². The molecule has 0 N–H and O–H groups in total. The van der Waals surface area contributed by atoms with Crippen LogP contribution in [0.25, 0.3) is 0 Å². The number of hydrogen-bond acceptors (Lipinski definition) is 3. The van der Waals surface area contributed by atoms with Gasteiger partial charge in [0.2, 0.25) is 0 Å². The smallest absolute Gasteiger partial charge is 0.264 e. The summed E-state index contributed by atoms with van der Waals surface area (Å²) in [6.45, 7) is 0. The van der Waals surface area contributed by atoms with E-state index in [0.29, 0.717) is 0 Å². The molecule has 0 aliphatic carbocycles. The molecule has 1 aromatic rings. The maximum Gasteiger partial charge on any atom is 0.300 e. The van der Waals surface area contributed by atoms with Gasteiger partial charge in [0.15, 0.2) is 0 Å². The quantitative estimate of drug-likeness (QED) is 0.778. The number of rotatable bonds is 2. The monoisotopic (exact) mass is 273 g/mol. The zero-order chi connectivity index (χ0) is 10.9. The molecule has 77 valence electrons. The lowest BCUT2D eigenvalue weighted by Gasteiger charge is -2.06. The van der Waals surface area contributed by atoms with Crippen LogP contribution in [0.2, 0.25) is 15.1 Å². The maximum absolute atomic E-state index is 11.3. The van der Waals surface area contributed by atoms with Gasteiger partial charge in [0, 0.05) is 5.02 Å². The Kier molecular flexibility index (Phi) is 3.66. The molecule has 14 heavy (non-hydrogen) atoms. The Labute approximate surface area is 96.7 Å². The molecule has 0 atom stereocenters. The highest BCUT2D eigenvalue weighted by atomic mass is 35.5. The molecule has 0 saturated carbocycles. The summed E-state index contributed by atoms with van der Waals surface area (Å²) in [7, 11) is -1.21. The van der Waals surface area contributed by atoms with Crippen molar-refractivity contribution in [2.24, 2.45) is 0 Å². The Morgan fingerprint density at radius 1 is 1.14 bits per heavy atom. The van der Waals surface area contributed by atoms with Crippen LogP contribution < -0.4 is 0 Å². The summed E-state index contributed by atoms with van der Waals surface area (Å²) >= 11 is 16.9. The van der Waals surface area contributed by atoms with E-state index in [1.807, 2.05) is 0 Å². The summed E-state index contributed by atoms with van der Waals surface area (Å²) in [5.74, 6) is 0. The topological polar surface area (TPSA) is 43.4 Å². The molecular weight excluding hydrogens is 270 g/mol. The van der Waals surface area contributed by atoms with E-state index in [4.69, 9.17) is 34.8 Å². The summed E-state index contributed by atoms with van der Waals surface area (Å²) in [6, 6.07) is 2.50. The zero-order valence-corrected chi connectivity index (χ0v) is 9.71. The first-order valence-electron chi connectivity index (χ1n) is 3.21. The van der Waals surface area contributed by atoms with Gasteiger partial charge in [-0.25, -0.2) is 0 Å². The summed E-state index contributed by atoms with van der Waals surface area (Å²) in [5, 5.41) is 0.0281. The van der Waals surface area contributed by atoms with Gasteiger partial charge in [-0.05, 0) is 12.1 Å². The normalized spacial score (nSPS) is 11.7. The molecule has 1 rings (SSSR count). The summed E-state index contributed by atoms with van der Waals surface area (Å²) < 4.78 is 26.5. The molecule has 0 unspecified atom stereocenters. The van der Waals surface area contributed by atoms with Crippen molar-refractivity contribution in [2.75, 3.05) is 0 Å². The van der Waals surface area contributed by atoms with Crippen molar-refractivity contribution in [1.29, 1.82) is 0 Å². The molecule has 1 radical (unpaired) electrons. The summed E-state index contributed by atoms with van der Waals surface area (Å²) in [4.78, 5) is -0.333. The van der Waals surface area contributed by atoms with Gasteiger partial charge < -0.3 is 0 Å². The molecule has 0 aromatic heterocycles. The van der Waals surface area contributed by atoms with E-state index in [1.165, 1.54) is 12.1 Å². The predicted molar refractivity (Wildman–Crippen MR) is 55.1 cm³/mol. The third kappa shape index (κ3) is 2.32. The van der Waals surface area contributed by atoms with Gasteiger partial charge >= 0.3 is 0 Å². The van der Waals surface area contributed by atoms with Crippen molar-refractivity contribution in [2.45, 2.75) is 4.90 Å². The van der Waals surface area contributed by atoms with Crippen molar-refractivity contribution in [3.63, 3.8) is 0 Å². The zero-order valence-electron chi connectivity index (χ0n) is 6.63. The van der Waals surface area contributed by atoms with Crippen molar-refractivity contribution >= 4 is 44.9 Å². The van der Waals surface area contributed by atoms with Gasteiger partial charge in [0.1, 0.15) is 4.90 Å². The standard InChI is InChI=1S/C7H4Cl3O3S/c1-13-14(11,12)7-5(9)2-4(8)3-6(7)10/h2-3H,1H2. The minimum Gasteiger partial charge on any atom is -0.264 e. The van der Waals surface area contributed by atoms with Gasteiger partial charge in [0.05, 0.1) is 17.2 Å². The van der Waals surface area contributed by atoms with Gasteiger partial charge in [-0.2, -0.15) is 8.42 Å². The lowest BCUT2D eigenvalue weighted by molar-refractivity contribution is 0.438. The SMILES string of the molecule is [CH2]OS(=O)(=O)c1c(Cl)cc(Cl)cc1Cl. The largest absolute Gasteiger partial charge is 0.300 e. The van der Waals surface area contributed by atoms with E-state index in [0.717, 1.165) is 0 Å². The number of halogens is 3. The summed E-state index contributed by atoms with van der Waals surface area (Å²) in [6.07, 6.45) is 0. The molecule has 1 aromatic carbocycles. The van der Waals surface area contributed by atoms with Gasteiger partial charge in [0.25, 0.3) is 10.1 Å². The highest BCUT2D eigenvalue weighted by Crippen LogP contribution is 2.33. The molecule has 0 saturated heterocycles. The van der Waals surface area contributed by atoms with Crippen LogP contribution in [0, 0.1) is 7.11 Å². The van der Waals surface area contributed by atoms with E-state index in [1.54, 1.807) is 0 Å². The van der Waals surface area contributed by atoms with Crippen molar-refractivity contribution < 1.29 is 12.6 Å². The fraction of sp³-hybridized carbons (Fsp3) is 0. The Hall–Kier alpha value is -0.000000000000000111. The van der Waals surface area contributed by atoms with Gasteiger partial charge in [-0.1, -0.05) is 34.8 Å². The van der Waals surface area contributed by atoms with Crippen molar-refractivity contribution in [3.8, 4) is 0 Å². The minimum absolute atomic E-state index is 0.105. The Morgan fingerprint density at radius 2 is 1.57 bits per heavy atom. The molecule has 3 nitrogen and oxygen atoms in total. The molecule has 7 heteroatoms. The third-order valence-electron chi connectivity index (χ3n) is 1.37. The fourth-order valence-corrected chi connectivity index (χ4v) is 2.92. The third-order valence-corrected chi connectivity index (χ3v) is 3.66. The van der Waals surface area contributed by atoms with Gasteiger partial charge in [-0.15, -0.1) is 0 Å². The minimum atomic E-state index is -4.01. The highest BCUT2D eigenvalue weighted by molar-refractivity contribution is 7.87. The van der Waals surface area contributed by atoms with Crippen LogP contribution in [0.15, 0.2) is 17.0 Å². The number of benzene rings is 1. The van der Waals surface area contributed by atoms with E-state index >= 15 is 0 Å². The molecule has 0 bridgehead atoms. The second-order valence-electron chi connectivity index (χ2n) is 2.27. The molecule has 0 heterocycles. The van der Waals surface area contributed by atoms with Crippen LogP contribution in [0.1, 0.15) is 0 Å². The number of hydrogen-bond donors (Lipinski definition) is 0. The molecule has 0 amide bonds. The predicted octanol–water partition coefficient (Wildman–Crippen LogP) is 3.14. The van der Waals surface area contributed by atoms with Crippen LogP contribution >= 0.6 is 34.8 Å². The van der Waals surface area contributed by atoms with Crippen LogP contribution in [-0.2, 0) is 14.3 Å². The first kappa shape index (κ1) is 12.1. The molecule has 0 spiro atoms. The first-order valence-corrected chi connectivity index (χ1v) is 5.76. The molecular formula is C7H4Cl3O3S. The Morgan fingerprint density at radius 3 is 1.93 bits per heavy atom. The van der Waals surface area contributed by atoms with Crippen LogP contribution in [0.3, 0.4) is 0 Å². The van der Waals surface area contributed by atoms with E-state index in [-0.39, 0.29) is 20.0 Å². The average molecular weight is 275 g/mol. The Bertz CT molecular complexity index is 432. The summed E-state index contributed by atoms with van der Waals surface area (Å²) in [5.41, 5.74) is 0. The lowest BCUT2D eigenvalue weighted by atomic mass is 10.4. The molecule has 0 aliphatic rings. The lowest BCUT2D eigenvalue weighted by Crippen LogP contribution is -2.03. The highest BCUT2D eigenvalue weighted by Gasteiger charge is 2.21. The van der Waals surface area contributed by atoms with Crippen LogP contribution in [-0.4, -0.2) is 8.42 Å². The molecule has 0 fully saturated rings. The van der Waals surface area contributed by atoms with E-state index < -0.39 is 10.1 Å². The van der Waals surface area contributed by atoms with Crippen molar-refractivity contribution in [1.82, 2.24) is 0 Å². The van der Waals surface area contributed by atoms with E-state index in [9.17, 15) is 8.42 Å². The second-order valence-corrected chi connectivity index (χ2v) is 5.07. The second kappa shape index (κ2) is 4.24. The average Bonchev–Trinajstić information content (AvgIpc) is 2.01. The van der Waals surface area contributed by atoms with Crippen molar-refractivity contribution in [3.05, 3.63) is 34.3 Å². The maximum atomic E-state index is 11.3. The first-order chi connectivity index (χ1) is 6.38. The van der Waals surface area contributed by atoms with E-state index in [2.05, 4.69) is 11.3 Å².